The summed E-state index contributed by atoms with van der Waals surface area (Å²) in [5, 5.41) is 0. The molecule has 0 bridgehead atoms. The van der Waals surface area contributed by atoms with Crippen LogP contribution in [0.15, 0.2) is 0 Å². The molecule has 0 saturated heterocycles. The van der Waals surface area contributed by atoms with E-state index in [1.54, 1.807) is 7.11 Å². The average molecular weight is 144 g/mol. The number of hydrogen-bond donors (Lipinski definition) is 0. The Bertz CT molecular complexity index is 85.3. The molecule has 2 nitrogen and oxygen atoms in total. The first-order valence-electron chi connectivity index (χ1n) is 4.02. The maximum atomic E-state index is 5.03. The molecule has 0 N–H and O–H groups in total. The first-order valence-corrected chi connectivity index (χ1v) is 4.02. The van der Waals surface area contributed by atoms with Crippen LogP contribution in [0.25, 0.3) is 0 Å². The molecule has 1 aliphatic carbocycles. The smallest absolute Gasteiger partial charge is 0.0930 e. The molecule has 0 spiro atoms. The highest BCUT2D eigenvalue weighted by molar-refractivity contribution is 4.68. The fourth-order valence-corrected chi connectivity index (χ4v) is 1.46. The van der Waals surface area contributed by atoms with Crippen LogP contribution in [0.2, 0.25) is 0 Å². The number of rotatable bonds is 2. The van der Waals surface area contributed by atoms with E-state index >= 15 is 0 Å². The maximum absolute atomic E-state index is 5.03. The highest BCUT2D eigenvalue weighted by atomic mass is 17.2. The first-order chi connectivity index (χ1) is 4.83. The third kappa shape index (κ3) is 2.27. The van der Waals surface area contributed by atoms with Crippen molar-refractivity contribution in [2.45, 2.75) is 38.7 Å². The van der Waals surface area contributed by atoms with Gasteiger partial charge in [-0.05, 0) is 31.6 Å². The van der Waals surface area contributed by atoms with Crippen molar-refractivity contribution in [1.29, 1.82) is 0 Å². The van der Waals surface area contributed by atoms with Gasteiger partial charge in [0.2, 0.25) is 0 Å². The van der Waals surface area contributed by atoms with Crippen molar-refractivity contribution >= 4 is 0 Å². The Balaban J connectivity index is 2.13. The second kappa shape index (κ2) is 3.94. The summed E-state index contributed by atoms with van der Waals surface area (Å²) in [5.41, 5.74) is 0. The predicted octanol–water partition coefficient (Wildman–Crippen LogP) is 2.14. The minimum Gasteiger partial charge on any atom is -0.240 e. The summed E-state index contributed by atoms with van der Waals surface area (Å²) in [5.74, 6) is 0.886. The van der Waals surface area contributed by atoms with E-state index in [1.807, 2.05) is 0 Å². The zero-order valence-electron chi connectivity index (χ0n) is 6.80. The molecule has 0 aromatic heterocycles. The molecule has 0 aromatic rings. The van der Waals surface area contributed by atoms with Gasteiger partial charge in [-0.2, -0.15) is 0 Å². The summed E-state index contributed by atoms with van der Waals surface area (Å²) < 4.78 is 0. The molecule has 0 aliphatic heterocycles. The van der Waals surface area contributed by atoms with Gasteiger partial charge in [0.05, 0.1) is 13.2 Å². The van der Waals surface area contributed by atoms with Crippen LogP contribution in [0.5, 0.6) is 0 Å². The predicted molar refractivity (Wildman–Crippen MR) is 39.5 cm³/mol. The van der Waals surface area contributed by atoms with E-state index in [2.05, 4.69) is 11.8 Å². The van der Waals surface area contributed by atoms with Gasteiger partial charge in [-0.25, -0.2) is 9.78 Å². The van der Waals surface area contributed by atoms with E-state index in [1.165, 1.54) is 12.8 Å². The van der Waals surface area contributed by atoms with E-state index in [-0.39, 0.29) is 0 Å². The van der Waals surface area contributed by atoms with Crippen molar-refractivity contribution in [2.75, 3.05) is 7.11 Å². The van der Waals surface area contributed by atoms with Crippen molar-refractivity contribution in [3.63, 3.8) is 0 Å². The SMILES string of the molecule is COOC1CCC(C)CC1. The normalized spacial score (nSPS) is 34.2. The largest absolute Gasteiger partial charge is 0.240 e. The van der Waals surface area contributed by atoms with Gasteiger partial charge in [-0.1, -0.05) is 6.92 Å². The third-order valence-electron chi connectivity index (χ3n) is 2.20. The fraction of sp³-hybridized carbons (Fsp3) is 1.00. The minimum absolute atomic E-state index is 0.362. The van der Waals surface area contributed by atoms with Crippen molar-refractivity contribution in [1.82, 2.24) is 0 Å². The molecule has 0 radical (unpaired) electrons. The van der Waals surface area contributed by atoms with E-state index in [0.29, 0.717) is 6.10 Å². The van der Waals surface area contributed by atoms with Crippen LogP contribution in [0.1, 0.15) is 32.6 Å². The van der Waals surface area contributed by atoms with Crippen molar-refractivity contribution in [3.8, 4) is 0 Å². The van der Waals surface area contributed by atoms with Crippen LogP contribution in [0, 0.1) is 5.92 Å². The van der Waals surface area contributed by atoms with E-state index < -0.39 is 0 Å². The van der Waals surface area contributed by atoms with Crippen LogP contribution in [0.4, 0.5) is 0 Å². The Morgan fingerprint density at radius 3 is 2.20 bits per heavy atom. The topological polar surface area (TPSA) is 18.5 Å². The third-order valence-corrected chi connectivity index (χ3v) is 2.20. The molecular formula is C8H16O2. The van der Waals surface area contributed by atoms with Gasteiger partial charge in [0.1, 0.15) is 0 Å². The highest BCUT2D eigenvalue weighted by Crippen LogP contribution is 2.25. The van der Waals surface area contributed by atoms with Gasteiger partial charge in [0.15, 0.2) is 0 Å². The van der Waals surface area contributed by atoms with Crippen LogP contribution in [0.3, 0.4) is 0 Å². The van der Waals surface area contributed by atoms with E-state index in [4.69, 9.17) is 4.89 Å². The van der Waals surface area contributed by atoms with Crippen LogP contribution in [-0.2, 0) is 9.78 Å². The van der Waals surface area contributed by atoms with Crippen LogP contribution < -0.4 is 0 Å². The molecule has 1 rings (SSSR count). The van der Waals surface area contributed by atoms with Crippen LogP contribution in [-0.4, -0.2) is 13.2 Å². The second-order valence-electron chi connectivity index (χ2n) is 3.14. The first kappa shape index (κ1) is 8.02. The fourth-order valence-electron chi connectivity index (χ4n) is 1.46. The molecule has 1 saturated carbocycles. The molecule has 1 aliphatic rings. The van der Waals surface area contributed by atoms with Crippen molar-refractivity contribution < 1.29 is 9.78 Å². The minimum atomic E-state index is 0.362. The molecule has 0 unspecified atom stereocenters. The molecule has 60 valence electrons. The lowest BCUT2D eigenvalue weighted by atomic mass is 9.89. The van der Waals surface area contributed by atoms with Crippen molar-refractivity contribution in [2.24, 2.45) is 5.92 Å². The molecule has 2 heteroatoms. The average Bonchev–Trinajstić information content (AvgIpc) is 1.95. The number of hydrogen-bond acceptors (Lipinski definition) is 2. The van der Waals surface area contributed by atoms with Gasteiger partial charge in [0, 0.05) is 0 Å². The zero-order valence-corrected chi connectivity index (χ0v) is 6.80. The quantitative estimate of drug-likeness (QED) is 0.436. The summed E-state index contributed by atoms with van der Waals surface area (Å²) >= 11 is 0. The summed E-state index contributed by atoms with van der Waals surface area (Å²) in [4.78, 5) is 9.65. The summed E-state index contributed by atoms with van der Waals surface area (Å²) in [7, 11) is 1.58. The lowest BCUT2D eigenvalue weighted by Gasteiger charge is -2.24. The zero-order chi connectivity index (χ0) is 7.40. The standard InChI is InChI=1S/C8H16O2/c1-7-3-5-8(6-4-7)10-9-2/h7-8H,3-6H2,1-2H3. The molecular weight excluding hydrogens is 128 g/mol. The Morgan fingerprint density at radius 1 is 1.10 bits per heavy atom. The maximum Gasteiger partial charge on any atom is 0.0930 e. The Labute approximate surface area is 62.4 Å². The summed E-state index contributed by atoms with van der Waals surface area (Å²) in [6.45, 7) is 2.29. The Morgan fingerprint density at radius 2 is 1.70 bits per heavy atom. The second-order valence-corrected chi connectivity index (χ2v) is 3.14. The van der Waals surface area contributed by atoms with Gasteiger partial charge in [-0.15, -0.1) is 0 Å². The lowest BCUT2D eigenvalue weighted by molar-refractivity contribution is -0.310. The molecule has 10 heavy (non-hydrogen) atoms. The Hall–Kier alpha value is -0.0800. The van der Waals surface area contributed by atoms with Gasteiger partial charge < -0.3 is 0 Å². The molecule has 0 amide bonds. The molecule has 0 aromatic carbocycles. The van der Waals surface area contributed by atoms with Gasteiger partial charge >= 0.3 is 0 Å². The van der Waals surface area contributed by atoms with Crippen LogP contribution >= 0.6 is 0 Å². The summed E-state index contributed by atoms with van der Waals surface area (Å²) in [6, 6.07) is 0. The lowest BCUT2D eigenvalue weighted by Crippen LogP contribution is -2.19. The molecule has 0 heterocycles. The van der Waals surface area contributed by atoms with E-state index in [9.17, 15) is 0 Å². The highest BCUT2D eigenvalue weighted by Gasteiger charge is 2.18. The molecule has 0 atom stereocenters. The van der Waals surface area contributed by atoms with E-state index in [0.717, 1.165) is 18.8 Å². The van der Waals surface area contributed by atoms with Gasteiger partial charge in [-0.3, -0.25) is 0 Å². The Kier molecular flexibility index (Phi) is 3.16. The van der Waals surface area contributed by atoms with Crippen molar-refractivity contribution in [3.05, 3.63) is 0 Å². The molecule has 1 fully saturated rings. The monoisotopic (exact) mass is 144 g/mol. The summed E-state index contributed by atoms with van der Waals surface area (Å²) in [6.07, 6.45) is 5.26. The van der Waals surface area contributed by atoms with Gasteiger partial charge in [0.25, 0.3) is 0 Å².